The fourth-order valence-corrected chi connectivity index (χ4v) is 1.69. The minimum absolute atomic E-state index is 0.0991. The summed E-state index contributed by atoms with van der Waals surface area (Å²) in [5, 5.41) is 13.5. The lowest BCUT2D eigenvalue weighted by Crippen LogP contribution is -2.47. The summed E-state index contributed by atoms with van der Waals surface area (Å²) in [6.07, 6.45) is -0.0991. The highest BCUT2D eigenvalue weighted by Crippen LogP contribution is 2.17. The van der Waals surface area contributed by atoms with Crippen LogP contribution < -0.4 is 16.4 Å². The number of aromatic carboxylic acids is 1. The molecule has 0 bridgehead atoms. The molecule has 0 aromatic heterocycles. The van der Waals surface area contributed by atoms with E-state index in [0.29, 0.717) is 0 Å². The van der Waals surface area contributed by atoms with E-state index in [2.05, 4.69) is 10.6 Å². The van der Waals surface area contributed by atoms with Crippen LogP contribution in [-0.2, 0) is 4.79 Å². The van der Waals surface area contributed by atoms with E-state index in [1.165, 1.54) is 0 Å². The Hall–Kier alpha value is -2.64. The Labute approximate surface area is 120 Å². The van der Waals surface area contributed by atoms with Gasteiger partial charge in [-0.1, -0.05) is 0 Å². The van der Waals surface area contributed by atoms with Gasteiger partial charge in [-0.15, -0.1) is 0 Å². The number of carbonyl (C=O) groups excluding carboxylic acids is 2. The highest BCUT2D eigenvalue weighted by molar-refractivity contribution is 5.93. The number of carbonyl (C=O) groups is 3. The molecule has 0 aliphatic carbocycles. The van der Waals surface area contributed by atoms with Gasteiger partial charge in [-0.25, -0.2) is 14.0 Å². The van der Waals surface area contributed by atoms with Crippen LogP contribution >= 0.6 is 0 Å². The molecule has 1 aromatic carbocycles. The van der Waals surface area contributed by atoms with Crippen molar-refractivity contribution in [1.29, 1.82) is 0 Å². The molecule has 21 heavy (non-hydrogen) atoms. The molecule has 1 aromatic rings. The quantitative estimate of drug-likeness (QED) is 0.654. The fourth-order valence-electron chi connectivity index (χ4n) is 1.69. The first-order valence-corrected chi connectivity index (χ1v) is 6.01. The molecule has 1 rings (SSSR count). The molecule has 0 heterocycles. The molecule has 0 unspecified atom stereocenters. The normalized spacial score (nSPS) is 10.8. The number of amides is 3. The molecule has 3 amide bonds. The Morgan fingerprint density at radius 1 is 1.33 bits per heavy atom. The topological polar surface area (TPSA) is 122 Å². The van der Waals surface area contributed by atoms with Gasteiger partial charge in [0.05, 0.1) is 11.3 Å². The molecular weight excluding hydrogens is 281 g/mol. The zero-order chi connectivity index (χ0) is 16.2. The minimum atomic E-state index is -1.24. The predicted molar refractivity (Wildman–Crippen MR) is 73.4 cm³/mol. The Morgan fingerprint density at radius 3 is 2.48 bits per heavy atom. The lowest BCUT2D eigenvalue weighted by molar-refractivity contribution is -0.119. The molecule has 7 nitrogen and oxygen atoms in total. The molecule has 5 N–H and O–H groups in total. The molecule has 0 aliphatic rings. The van der Waals surface area contributed by atoms with E-state index < -0.39 is 29.3 Å². The van der Waals surface area contributed by atoms with E-state index in [1.807, 2.05) is 0 Å². The van der Waals surface area contributed by atoms with Crippen molar-refractivity contribution in [3.63, 3.8) is 0 Å². The SMILES string of the molecule is CC(C)(CC(N)=O)NC(=O)Nc1cc(C(=O)O)ccc1F. The third kappa shape index (κ3) is 5.09. The molecule has 114 valence electrons. The predicted octanol–water partition coefficient (Wildman–Crippen LogP) is 1.30. The Morgan fingerprint density at radius 2 is 1.95 bits per heavy atom. The maximum Gasteiger partial charge on any atom is 0.335 e. The number of hydrogen-bond acceptors (Lipinski definition) is 3. The lowest BCUT2D eigenvalue weighted by atomic mass is 10.0. The molecule has 0 atom stereocenters. The summed E-state index contributed by atoms with van der Waals surface area (Å²) >= 11 is 0. The van der Waals surface area contributed by atoms with Gasteiger partial charge >= 0.3 is 12.0 Å². The number of urea groups is 1. The van der Waals surface area contributed by atoms with Crippen molar-refractivity contribution in [2.75, 3.05) is 5.32 Å². The number of halogens is 1. The highest BCUT2D eigenvalue weighted by Gasteiger charge is 2.23. The number of rotatable bonds is 5. The van der Waals surface area contributed by atoms with Crippen molar-refractivity contribution >= 4 is 23.6 Å². The molecular formula is C13H16FN3O4. The standard InChI is InChI=1S/C13H16FN3O4/c1-13(2,6-10(15)18)17-12(21)16-9-5-7(11(19)20)3-4-8(9)14/h3-5H,6H2,1-2H3,(H2,15,18)(H,19,20)(H2,16,17,21). The third-order valence-corrected chi connectivity index (χ3v) is 2.53. The van der Waals surface area contributed by atoms with E-state index in [9.17, 15) is 18.8 Å². The van der Waals surface area contributed by atoms with Crippen LogP contribution in [0.1, 0.15) is 30.6 Å². The van der Waals surface area contributed by atoms with Crippen molar-refractivity contribution in [3.8, 4) is 0 Å². The molecule has 0 radical (unpaired) electrons. The van der Waals surface area contributed by atoms with Gasteiger partial charge < -0.3 is 21.5 Å². The number of carboxylic acid groups (broad SMARTS) is 1. The van der Waals surface area contributed by atoms with Gasteiger partial charge in [0.15, 0.2) is 0 Å². The largest absolute Gasteiger partial charge is 0.478 e. The van der Waals surface area contributed by atoms with Gasteiger partial charge in [0, 0.05) is 12.0 Å². The molecule has 0 spiro atoms. The van der Waals surface area contributed by atoms with Crippen LogP contribution in [0.3, 0.4) is 0 Å². The minimum Gasteiger partial charge on any atom is -0.478 e. The second-order valence-electron chi connectivity index (χ2n) is 5.11. The first-order chi connectivity index (χ1) is 9.60. The summed E-state index contributed by atoms with van der Waals surface area (Å²) < 4.78 is 13.5. The summed E-state index contributed by atoms with van der Waals surface area (Å²) in [4.78, 5) is 33.4. The summed E-state index contributed by atoms with van der Waals surface area (Å²) in [5.74, 6) is -2.62. The Balaban J connectivity index is 2.81. The van der Waals surface area contributed by atoms with E-state index in [0.717, 1.165) is 18.2 Å². The van der Waals surface area contributed by atoms with Crippen LogP contribution in [0.2, 0.25) is 0 Å². The van der Waals surface area contributed by atoms with Crippen LogP contribution in [0.5, 0.6) is 0 Å². The lowest BCUT2D eigenvalue weighted by Gasteiger charge is -2.24. The van der Waals surface area contributed by atoms with E-state index in [4.69, 9.17) is 10.8 Å². The third-order valence-electron chi connectivity index (χ3n) is 2.53. The molecule has 0 aliphatic heterocycles. The summed E-state index contributed by atoms with van der Waals surface area (Å²) in [7, 11) is 0. The molecule has 0 saturated carbocycles. The highest BCUT2D eigenvalue weighted by atomic mass is 19.1. The first-order valence-electron chi connectivity index (χ1n) is 6.01. The van der Waals surface area contributed by atoms with Crippen LogP contribution in [0, 0.1) is 5.82 Å². The van der Waals surface area contributed by atoms with Crippen LogP contribution in [-0.4, -0.2) is 28.6 Å². The maximum absolute atomic E-state index is 13.5. The maximum atomic E-state index is 13.5. The van der Waals surface area contributed by atoms with Gasteiger partial charge in [0.1, 0.15) is 5.82 Å². The number of nitrogens with two attached hydrogens (primary N) is 1. The van der Waals surface area contributed by atoms with Crippen molar-refractivity contribution in [2.24, 2.45) is 5.73 Å². The second kappa shape index (κ2) is 6.21. The number of primary amides is 1. The summed E-state index contributed by atoms with van der Waals surface area (Å²) in [5.41, 5.74) is 3.69. The fraction of sp³-hybridized carbons (Fsp3) is 0.308. The van der Waals surface area contributed by atoms with Crippen molar-refractivity contribution in [1.82, 2.24) is 5.32 Å². The van der Waals surface area contributed by atoms with Crippen LogP contribution in [0.4, 0.5) is 14.9 Å². The molecule has 0 fully saturated rings. The first kappa shape index (κ1) is 16.4. The zero-order valence-electron chi connectivity index (χ0n) is 11.6. The number of carboxylic acids is 1. The Bertz CT molecular complexity index is 587. The molecule has 0 saturated heterocycles. The zero-order valence-corrected chi connectivity index (χ0v) is 11.6. The number of anilines is 1. The van der Waals surface area contributed by atoms with Crippen molar-refractivity contribution < 1.29 is 23.9 Å². The van der Waals surface area contributed by atoms with Gasteiger partial charge in [-0.05, 0) is 32.0 Å². The summed E-state index contributed by atoms with van der Waals surface area (Å²) in [6, 6.07) is 2.24. The van der Waals surface area contributed by atoms with E-state index in [-0.39, 0.29) is 17.7 Å². The molecule has 8 heteroatoms. The van der Waals surface area contributed by atoms with Gasteiger partial charge in [-0.2, -0.15) is 0 Å². The number of benzene rings is 1. The summed E-state index contributed by atoms with van der Waals surface area (Å²) in [6.45, 7) is 3.14. The second-order valence-corrected chi connectivity index (χ2v) is 5.11. The van der Waals surface area contributed by atoms with Crippen LogP contribution in [0.25, 0.3) is 0 Å². The van der Waals surface area contributed by atoms with Gasteiger partial charge in [0.2, 0.25) is 5.91 Å². The Kier molecular flexibility index (Phi) is 4.85. The monoisotopic (exact) mass is 297 g/mol. The number of hydrogen-bond donors (Lipinski definition) is 4. The van der Waals surface area contributed by atoms with Crippen LogP contribution in [0.15, 0.2) is 18.2 Å². The van der Waals surface area contributed by atoms with Gasteiger partial charge in [0.25, 0.3) is 0 Å². The van der Waals surface area contributed by atoms with Gasteiger partial charge in [-0.3, -0.25) is 4.79 Å². The van der Waals surface area contributed by atoms with E-state index >= 15 is 0 Å². The average molecular weight is 297 g/mol. The number of nitrogens with one attached hydrogen (secondary N) is 2. The van der Waals surface area contributed by atoms with Crippen molar-refractivity contribution in [2.45, 2.75) is 25.8 Å². The van der Waals surface area contributed by atoms with Crippen molar-refractivity contribution in [3.05, 3.63) is 29.6 Å². The average Bonchev–Trinajstić information content (AvgIpc) is 2.28. The smallest absolute Gasteiger partial charge is 0.335 e. The van der Waals surface area contributed by atoms with E-state index in [1.54, 1.807) is 13.8 Å².